The number of nitrogens with zero attached hydrogens (tertiary/aromatic N) is 2. The minimum atomic E-state index is -3.81. The van der Waals surface area contributed by atoms with Gasteiger partial charge < -0.3 is 10.2 Å². The normalized spacial score (nSPS) is 16.1. The van der Waals surface area contributed by atoms with Crippen LogP contribution in [0.15, 0.2) is 51.3 Å². The molecular formula is C20H20BrN3O3S2. The number of pyridine rings is 1. The number of carbonyl (C=O) groups is 1. The number of ketones is 1. The molecule has 1 aliphatic heterocycles. The Labute approximate surface area is 182 Å². The summed E-state index contributed by atoms with van der Waals surface area (Å²) in [7, 11) is -3.81. The molecule has 0 spiro atoms. The van der Waals surface area contributed by atoms with Crippen LogP contribution in [0.5, 0.6) is 0 Å². The van der Waals surface area contributed by atoms with Gasteiger partial charge in [-0.2, -0.15) is 0 Å². The molecule has 1 N–H and O–H groups in total. The third kappa shape index (κ3) is 3.96. The van der Waals surface area contributed by atoms with Crippen molar-refractivity contribution >= 4 is 58.8 Å². The van der Waals surface area contributed by atoms with Gasteiger partial charge in [0, 0.05) is 52.5 Å². The summed E-state index contributed by atoms with van der Waals surface area (Å²) in [5.41, 5.74) is 0.383. The van der Waals surface area contributed by atoms with E-state index in [0.29, 0.717) is 5.56 Å². The molecule has 2 aromatic heterocycles. The number of piperazine rings is 1. The lowest BCUT2D eigenvalue weighted by molar-refractivity contribution is 0.0991. The van der Waals surface area contributed by atoms with Crippen LogP contribution in [-0.4, -0.2) is 50.6 Å². The largest absolute Gasteiger partial charge is 0.354 e. The fraction of sp³-hybridized carbons (Fsp3) is 0.300. The van der Waals surface area contributed by atoms with E-state index >= 15 is 0 Å². The molecule has 9 heteroatoms. The fourth-order valence-electron chi connectivity index (χ4n) is 3.36. The van der Waals surface area contributed by atoms with Crippen molar-refractivity contribution in [2.75, 3.05) is 31.1 Å². The average molecular weight is 494 g/mol. The number of sulfone groups is 1. The van der Waals surface area contributed by atoms with Crippen LogP contribution in [0.2, 0.25) is 0 Å². The zero-order valence-corrected chi connectivity index (χ0v) is 19.0. The number of hydrogen-bond donors (Lipinski definition) is 1. The van der Waals surface area contributed by atoms with Gasteiger partial charge in [-0.15, -0.1) is 11.3 Å². The SMILES string of the molecule is CC(C(=O)c1ccc(Br)cc1)S(=O)(=O)c1cc2c(N3CCNCC3)nccc2s1. The molecule has 4 rings (SSSR count). The molecule has 1 aliphatic rings. The maximum Gasteiger partial charge on any atom is 0.197 e. The average Bonchev–Trinajstić information content (AvgIpc) is 3.19. The first kappa shape index (κ1) is 20.5. The summed E-state index contributed by atoms with van der Waals surface area (Å²) in [6.45, 7) is 4.84. The number of benzene rings is 1. The van der Waals surface area contributed by atoms with Gasteiger partial charge in [-0.05, 0) is 31.2 Å². The molecule has 6 nitrogen and oxygen atoms in total. The summed E-state index contributed by atoms with van der Waals surface area (Å²) in [5, 5.41) is 2.97. The number of thiophene rings is 1. The number of Topliss-reactive ketones (excluding diaryl/α,β-unsaturated/α-hetero) is 1. The summed E-state index contributed by atoms with van der Waals surface area (Å²) in [4.78, 5) is 19.5. The summed E-state index contributed by atoms with van der Waals surface area (Å²) in [5.74, 6) is 0.393. The van der Waals surface area contributed by atoms with Gasteiger partial charge in [-0.3, -0.25) is 4.79 Å². The van der Waals surface area contributed by atoms with Crippen molar-refractivity contribution in [3.63, 3.8) is 0 Å². The Morgan fingerprint density at radius 2 is 1.90 bits per heavy atom. The molecule has 1 aromatic carbocycles. The van der Waals surface area contributed by atoms with Gasteiger partial charge in [0.25, 0.3) is 0 Å². The summed E-state index contributed by atoms with van der Waals surface area (Å²) < 4.78 is 28.3. The molecule has 0 saturated carbocycles. The van der Waals surface area contributed by atoms with Crippen LogP contribution in [-0.2, 0) is 9.84 Å². The van der Waals surface area contributed by atoms with Crippen LogP contribution < -0.4 is 10.2 Å². The van der Waals surface area contributed by atoms with Gasteiger partial charge in [0.05, 0.1) is 0 Å². The standard InChI is InChI=1S/C20H20BrN3O3S2/c1-13(19(25)14-2-4-15(21)5-3-14)29(26,27)18-12-16-17(28-18)6-7-23-20(16)24-10-8-22-9-11-24/h2-7,12-13,22H,8-11H2,1H3. The van der Waals surface area contributed by atoms with Crippen molar-refractivity contribution in [3.8, 4) is 0 Å². The van der Waals surface area contributed by atoms with E-state index < -0.39 is 20.9 Å². The predicted molar refractivity (Wildman–Crippen MR) is 120 cm³/mol. The molecular weight excluding hydrogens is 474 g/mol. The second-order valence-electron chi connectivity index (χ2n) is 6.91. The molecule has 1 unspecified atom stereocenters. The van der Waals surface area contributed by atoms with E-state index in [9.17, 15) is 13.2 Å². The Hall–Kier alpha value is -1.81. The van der Waals surface area contributed by atoms with Crippen molar-refractivity contribution in [3.05, 3.63) is 52.6 Å². The summed E-state index contributed by atoms with van der Waals surface area (Å²) >= 11 is 4.52. The number of halogens is 1. The van der Waals surface area contributed by atoms with Crippen LogP contribution in [0.1, 0.15) is 17.3 Å². The number of carbonyl (C=O) groups excluding carboxylic acids is 1. The van der Waals surface area contributed by atoms with Gasteiger partial charge in [0.2, 0.25) is 0 Å². The van der Waals surface area contributed by atoms with Gasteiger partial charge in [0.15, 0.2) is 15.6 Å². The highest BCUT2D eigenvalue weighted by Gasteiger charge is 2.32. The van der Waals surface area contributed by atoms with Crippen LogP contribution in [0.25, 0.3) is 10.1 Å². The molecule has 3 heterocycles. The van der Waals surface area contributed by atoms with E-state index in [2.05, 4.69) is 31.1 Å². The molecule has 1 saturated heterocycles. The molecule has 1 fully saturated rings. The highest BCUT2D eigenvalue weighted by Crippen LogP contribution is 2.36. The van der Waals surface area contributed by atoms with E-state index in [0.717, 1.165) is 46.6 Å². The Bertz CT molecular complexity index is 1150. The molecule has 29 heavy (non-hydrogen) atoms. The number of fused-ring (bicyclic) bond motifs is 1. The first-order valence-electron chi connectivity index (χ1n) is 9.26. The summed E-state index contributed by atoms with van der Waals surface area (Å²) in [6.07, 6.45) is 1.71. The molecule has 0 aliphatic carbocycles. The highest BCUT2D eigenvalue weighted by molar-refractivity contribution is 9.10. The topological polar surface area (TPSA) is 79.4 Å². The van der Waals surface area contributed by atoms with Gasteiger partial charge >= 0.3 is 0 Å². The second kappa shape index (κ2) is 8.14. The Kier molecular flexibility index (Phi) is 5.74. The molecule has 1 atom stereocenters. The van der Waals surface area contributed by atoms with Crippen molar-refractivity contribution in [1.29, 1.82) is 0 Å². The Morgan fingerprint density at radius 3 is 2.59 bits per heavy atom. The Morgan fingerprint density at radius 1 is 1.21 bits per heavy atom. The van der Waals surface area contributed by atoms with E-state index in [1.54, 1.807) is 36.5 Å². The van der Waals surface area contributed by atoms with E-state index in [1.807, 2.05) is 6.07 Å². The number of rotatable bonds is 5. The van der Waals surface area contributed by atoms with Crippen LogP contribution in [0, 0.1) is 0 Å². The van der Waals surface area contributed by atoms with Gasteiger partial charge in [-0.25, -0.2) is 13.4 Å². The lowest BCUT2D eigenvalue weighted by Gasteiger charge is -2.28. The highest BCUT2D eigenvalue weighted by atomic mass is 79.9. The second-order valence-corrected chi connectivity index (χ2v) is 11.4. The predicted octanol–water partition coefficient (Wildman–Crippen LogP) is 3.51. The van der Waals surface area contributed by atoms with E-state index in [4.69, 9.17) is 0 Å². The van der Waals surface area contributed by atoms with Crippen molar-refractivity contribution in [2.24, 2.45) is 0 Å². The third-order valence-electron chi connectivity index (χ3n) is 5.06. The molecule has 152 valence electrons. The number of aromatic nitrogens is 1. The molecule has 0 bridgehead atoms. The van der Waals surface area contributed by atoms with Crippen LogP contribution >= 0.6 is 27.3 Å². The lowest BCUT2D eigenvalue weighted by Crippen LogP contribution is -2.43. The number of nitrogens with one attached hydrogen (secondary N) is 1. The quantitative estimate of drug-likeness (QED) is 0.547. The van der Waals surface area contributed by atoms with Crippen LogP contribution in [0.3, 0.4) is 0 Å². The minimum absolute atomic E-state index is 0.204. The van der Waals surface area contributed by atoms with Crippen molar-refractivity contribution < 1.29 is 13.2 Å². The third-order valence-corrected chi connectivity index (χ3v) is 9.26. The van der Waals surface area contributed by atoms with Crippen LogP contribution in [0.4, 0.5) is 5.82 Å². The summed E-state index contributed by atoms with van der Waals surface area (Å²) in [6, 6.07) is 10.2. The molecule has 3 aromatic rings. The van der Waals surface area contributed by atoms with Gasteiger partial charge in [0.1, 0.15) is 15.3 Å². The number of anilines is 1. The number of hydrogen-bond acceptors (Lipinski definition) is 7. The zero-order chi connectivity index (χ0) is 20.6. The maximum absolute atomic E-state index is 13.2. The maximum atomic E-state index is 13.2. The first-order chi connectivity index (χ1) is 13.9. The fourth-order valence-corrected chi connectivity index (χ4v) is 6.62. The first-order valence-corrected chi connectivity index (χ1v) is 12.4. The zero-order valence-electron chi connectivity index (χ0n) is 15.8. The van der Waals surface area contributed by atoms with E-state index in [-0.39, 0.29) is 4.21 Å². The monoisotopic (exact) mass is 493 g/mol. The van der Waals surface area contributed by atoms with Crippen molar-refractivity contribution in [2.45, 2.75) is 16.4 Å². The Balaban J connectivity index is 1.69. The smallest absolute Gasteiger partial charge is 0.197 e. The molecule has 0 radical (unpaired) electrons. The van der Waals surface area contributed by atoms with E-state index in [1.165, 1.54) is 18.3 Å². The lowest BCUT2D eigenvalue weighted by atomic mass is 10.1. The van der Waals surface area contributed by atoms with Crippen molar-refractivity contribution in [1.82, 2.24) is 10.3 Å². The van der Waals surface area contributed by atoms with Gasteiger partial charge in [-0.1, -0.05) is 28.1 Å². The molecule has 0 amide bonds. The minimum Gasteiger partial charge on any atom is -0.354 e.